The molecule has 1 heterocycles. The molecule has 0 aliphatic carbocycles. The molecule has 0 atom stereocenters. The van der Waals surface area contributed by atoms with Crippen molar-refractivity contribution in [3.8, 4) is 16.9 Å². The van der Waals surface area contributed by atoms with Crippen molar-refractivity contribution in [2.45, 2.75) is 116 Å². The highest BCUT2D eigenvalue weighted by atomic mass is 35.5. The smallest absolute Gasteiger partial charge is 0.253 e. The van der Waals surface area contributed by atoms with E-state index in [0.29, 0.717) is 12.5 Å². The van der Waals surface area contributed by atoms with E-state index < -0.39 is 5.41 Å². The molecule has 1 aromatic heterocycles. The molecule has 0 amide bonds. The van der Waals surface area contributed by atoms with Crippen molar-refractivity contribution in [3.63, 3.8) is 0 Å². The minimum absolute atomic E-state index is 0.0520. The van der Waals surface area contributed by atoms with E-state index in [0.717, 1.165) is 30.8 Å². The van der Waals surface area contributed by atoms with Crippen molar-refractivity contribution in [2.24, 2.45) is 0 Å². The van der Waals surface area contributed by atoms with Crippen LogP contribution in [0.25, 0.3) is 11.1 Å². The van der Waals surface area contributed by atoms with Crippen LogP contribution in [-0.4, -0.2) is 11.2 Å². The third kappa shape index (κ3) is 9.79. The summed E-state index contributed by atoms with van der Waals surface area (Å²) in [5, 5.41) is 0. The van der Waals surface area contributed by atoms with Crippen LogP contribution in [0, 0.1) is 6.92 Å². The lowest BCUT2D eigenvalue weighted by Crippen LogP contribution is -2.36. The van der Waals surface area contributed by atoms with E-state index in [1.165, 1.54) is 61.5 Å². The predicted molar refractivity (Wildman–Crippen MR) is 261 cm³/mol. The molecule has 62 heavy (non-hydrogen) atoms. The van der Waals surface area contributed by atoms with Crippen molar-refractivity contribution in [1.29, 1.82) is 0 Å². The molecule has 0 radical (unpaired) electrons. The molecule has 0 unspecified atom stereocenters. The summed E-state index contributed by atoms with van der Waals surface area (Å²) >= 11 is 5.99. The van der Waals surface area contributed by atoms with Gasteiger partial charge in [0.1, 0.15) is 24.7 Å². The second-order valence-corrected chi connectivity index (χ2v) is 20.4. The quantitative estimate of drug-likeness (QED) is 0.0489. The van der Waals surface area contributed by atoms with E-state index in [1.807, 2.05) is 0 Å². The molecule has 3 nitrogen and oxygen atoms in total. The Morgan fingerprint density at radius 2 is 0.855 bits per heavy atom. The second kappa shape index (κ2) is 18.1. The van der Waals surface area contributed by atoms with Crippen molar-refractivity contribution in [3.05, 3.63) is 214 Å². The lowest BCUT2D eigenvalue weighted by molar-refractivity contribution is -0.694. The Balaban J connectivity index is 1.11. The highest BCUT2D eigenvalue weighted by Crippen LogP contribution is 2.47. The first-order valence-corrected chi connectivity index (χ1v) is 22.9. The fourth-order valence-corrected chi connectivity index (χ4v) is 8.80. The molecule has 6 aromatic carbocycles. The molecule has 320 valence electrons. The van der Waals surface area contributed by atoms with Crippen LogP contribution in [-0.2, 0) is 40.6 Å². The van der Waals surface area contributed by atoms with E-state index in [9.17, 15) is 0 Å². The Morgan fingerprint density at radius 1 is 0.484 bits per heavy atom. The maximum Gasteiger partial charge on any atom is 0.253 e. The Bertz CT molecular complexity index is 2390. The molecule has 0 bridgehead atoms. The number of alkyl halides is 1. The number of hydrogen-bond donors (Lipinski definition) is 0. The van der Waals surface area contributed by atoms with Crippen molar-refractivity contribution in [2.75, 3.05) is 6.61 Å². The van der Waals surface area contributed by atoms with Crippen LogP contribution in [0.5, 0.6) is 5.75 Å². The van der Waals surface area contributed by atoms with E-state index in [1.54, 1.807) is 0 Å². The number of benzene rings is 6. The highest BCUT2D eigenvalue weighted by Gasteiger charge is 2.39. The van der Waals surface area contributed by atoms with Gasteiger partial charge < -0.3 is 4.74 Å². The lowest BCUT2D eigenvalue weighted by Gasteiger charge is -2.38. The Morgan fingerprint density at radius 3 is 1.24 bits per heavy atom. The van der Waals surface area contributed by atoms with Gasteiger partial charge in [0.25, 0.3) is 5.82 Å². The Hall–Kier alpha value is -5.38. The van der Waals surface area contributed by atoms with Crippen LogP contribution < -0.4 is 9.30 Å². The third-order valence-electron chi connectivity index (χ3n) is 12.7. The lowest BCUT2D eigenvalue weighted by atomic mass is 9.64. The molecule has 0 spiro atoms. The summed E-state index contributed by atoms with van der Waals surface area (Å²) in [7, 11) is 0. The van der Waals surface area contributed by atoms with Gasteiger partial charge in [-0.25, -0.2) is 9.13 Å². The van der Waals surface area contributed by atoms with Gasteiger partial charge in [-0.15, -0.1) is 11.6 Å². The first-order valence-electron chi connectivity index (χ1n) is 22.3. The van der Waals surface area contributed by atoms with E-state index in [2.05, 4.69) is 236 Å². The number of nitrogens with zero attached hydrogens (tertiary/aromatic N) is 2. The number of hydrogen-bond acceptors (Lipinski definition) is 1. The number of aromatic nitrogens is 2. The minimum atomic E-state index is -0.554. The van der Waals surface area contributed by atoms with Gasteiger partial charge in [0.2, 0.25) is 0 Å². The van der Waals surface area contributed by atoms with Gasteiger partial charge in [0, 0.05) is 19.2 Å². The monoisotopic (exact) mass is 841 g/mol. The molecule has 0 aliphatic heterocycles. The zero-order chi connectivity index (χ0) is 44.3. The van der Waals surface area contributed by atoms with E-state index in [-0.39, 0.29) is 16.2 Å². The van der Waals surface area contributed by atoms with Gasteiger partial charge >= 0.3 is 0 Å². The van der Waals surface area contributed by atoms with Gasteiger partial charge in [-0.2, -0.15) is 0 Å². The average molecular weight is 843 g/mol. The number of ether oxygens (including phenoxy) is 1. The number of aryl methyl sites for hydroxylation is 1. The Labute approximate surface area is 377 Å². The summed E-state index contributed by atoms with van der Waals surface area (Å²) in [6, 6.07) is 54.3. The van der Waals surface area contributed by atoms with Crippen LogP contribution in [0.3, 0.4) is 0 Å². The van der Waals surface area contributed by atoms with Crippen molar-refractivity contribution < 1.29 is 9.30 Å². The van der Waals surface area contributed by atoms with Gasteiger partial charge in [0.05, 0.1) is 18.6 Å². The van der Waals surface area contributed by atoms with Gasteiger partial charge in [-0.3, -0.25) is 0 Å². The molecule has 0 aliphatic rings. The molecule has 0 saturated heterocycles. The second-order valence-electron chi connectivity index (χ2n) is 20.2. The summed E-state index contributed by atoms with van der Waals surface area (Å²) < 4.78 is 11.1. The molecule has 7 rings (SSSR count). The van der Waals surface area contributed by atoms with Crippen LogP contribution in [0.2, 0.25) is 0 Å². The molecular weight excluding hydrogens is 776 g/mol. The van der Waals surface area contributed by atoms with Crippen LogP contribution >= 0.6 is 11.6 Å². The SMILES string of the molecule is Cc1n(CCCOc2ccc(C(c3ccc(C(C)(C)C)cc3)(c3ccc(C(C)(C)C)cc3)c3ccc(C(C)(C)C)cc3)cc2)cc[n+]1Cc1ccc(-c2ccc(CCl)cc2)cc1. The molecule has 7 aromatic rings. The zero-order valence-corrected chi connectivity index (χ0v) is 39.5. The van der Waals surface area contributed by atoms with Gasteiger partial charge in [-0.05, 0) is 89.6 Å². The fraction of sp³-hybridized carbons (Fsp3) is 0.328. The Kier molecular flexibility index (Phi) is 13.1. The van der Waals surface area contributed by atoms with Crippen molar-refractivity contribution >= 4 is 11.6 Å². The topological polar surface area (TPSA) is 18.0 Å². The van der Waals surface area contributed by atoms with Gasteiger partial charge in [-0.1, -0.05) is 196 Å². The largest absolute Gasteiger partial charge is 0.493 e. The maximum atomic E-state index is 6.45. The number of rotatable bonds is 13. The number of imidazole rings is 1. The van der Waals surface area contributed by atoms with Crippen LogP contribution in [0.1, 0.15) is 125 Å². The summed E-state index contributed by atoms with van der Waals surface area (Å²) in [6.45, 7) is 25.1. The first-order chi connectivity index (χ1) is 29.5. The molecule has 0 saturated carbocycles. The molecule has 0 N–H and O–H groups in total. The van der Waals surface area contributed by atoms with Gasteiger partial charge in [0.15, 0.2) is 0 Å². The summed E-state index contributed by atoms with van der Waals surface area (Å²) in [5.74, 6) is 2.65. The highest BCUT2D eigenvalue weighted by molar-refractivity contribution is 6.17. The van der Waals surface area contributed by atoms with E-state index >= 15 is 0 Å². The zero-order valence-electron chi connectivity index (χ0n) is 38.7. The standard InChI is InChI=1S/C58H66ClN2O/c1-42-60(37-38-61(42)41-44-14-18-46(19-15-44)45-16-12-43(40-59)13-17-45)36-11-39-62-54-34-32-53(33-35-54)58(50-26-20-47(21-27-50)55(2,3)4,51-28-22-48(23-29-51)56(5,6)7)52-30-24-49(25-31-52)57(8,9)10/h12-35,37-38H,11,36,39-41H2,1-10H3/q+1. The van der Waals surface area contributed by atoms with Crippen molar-refractivity contribution in [1.82, 2.24) is 4.57 Å². The maximum absolute atomic E-state index is 6.45. The summed E-state index contributed by atoms with van der Waals surface area (Å²) in [6.07, 6.45) is 5.27. The third-order valence-corrected chi connectivity index (χ3v) is 13.0. The fourth-order valence-electron chi connectivity index (χ4n) is 8.62. The van der Waals surface area contributed by atoms with Crippen LogP contribution in [0.15, 0.2) is 158 Å². The molecule has 0 fully saturated rings. The predicted octanol–water partition coefficient (Wildman–Crippen LogP) is 14.3. The summed E-state index contributed by atoms with van der Waals surface area (Å²) in [4.78, 5) is 0. The molecule has 4 heteroatoms. The minimum Gasteiger partial charge on any atom is -0.493 e. The molecular formula is C58H66ClN2O+. The average Bonchev–Trinajstić information content (AvgIpc) is 3.60. The normalized spacial score (nSPS) is 12.4. The number of halogens is 1. The van der Waals surface area contributed by atoms with E-state index in [4.69, 9.17) is 16.3 Å². The summed E-state index contributed by atoms with van der Waals surface area (Å²) in [5.41, 5.74) is 13.4. The first kappa shape index (κ1) is 44.7. The van der Waals surface area contributed by atoms with Crippen LogP contribution in [0.4, 0.5) is 0 Å².